The van der Waals surface area contributed by atoms with Crippen molar-refractivity contribution >= 4 is 10.9 Å². The van der Waals surface area contributed by atoms with Crippen molar-refractivity contribution in [1.82, 2.24) is 30.1 Å². The minimum absolute atomic E-state index is 0.179. The second-order valence-electron chi connectivity index (χ2n) is 8.52. The van der Waals surface area contributed by atoms with Crippen LogP contribution in [0.5, 0.6) is 11.5 Å². The summed E-state index contributed by atoms with van der Waals surface area (Å²) < 4.78 is 18.3. The number of aromatic amines is 1. The van der Waals surface area contributed by atoms with Crippen molar-refractivity contribution < 1.29 is 14.2 Å². The van der Waals surface area contributed by atoms with Gasteiger partial charge in [-0.25, -0.2) is 4.68 Å². The van der Waals surface area contributed by atoms with E-state index in [-0.39, 0.29) is 17.9 Å². The average molecular weight is 412 g/mol. The zero-order valence-electron chi connectivity index (χ0n) is 17.2. The summed E-state index contributed by atoms with van der Waals surface area (Å²) in [5, 5.41) is 13.3. The third-order valence-corrected chi connectivity index (χ3v) is 5.45. The van der Waals surface area contributed by atoms with E-state index in [2.05, 4.69) is 25.4 Å². The second kappa shape index (κ2) is 7.06. The lowest BCUT2D eigenvalue weighted by molar-refractivity contribution is 0.0206. The molecule has 1 atom stereocenters. The standard InChI is InChI=1S/C20H24N6O4/c1-20(2,3)26-18(22-23-24-26)17(25-4-6-28-7-5-25)13-8-12-9-15-16(30-11-29-15)10-14(12)21-19(13)27/h8-10,17H,4-7,11H2,1-3H3,(H,21,27). The molecule has 0 aliphatic carbocycles. The normalized spacial score (nSPS) is 18.1. The molecule has 1 N–H and O–H groups in total. The number of H-pyrrole nitrogens is 1. The number of hydrogen-bond acceptors (Lipinski definition) is 8. The zero-order chi connectivity index (χ0) is 20.9. The molecule has 1 fully saturated rings. The molecule has 10 heteroatoms. The third kappa shape index (κ3) is 3.21. The van der Waals surface area contributed by atoms with Crippen LogP contribution in [0.4, 0.5) is 0 Å². The van der Waals surface area contributed by atoms with Gasteiger partial charge in [0, 0.05) is 30.1 Å². The van der Waals surface area contributed by atoms with Crippen LogP contribution < -0.4 is 15.0 Å². The minimum atomic E-state index is -0.401. The number of morpholine rings is 1. The lowest BCUT2D eigenvalue weighted by atomic mass is 10.0. The number of rotatable bonds is 3. The van der Waals surface area contributed by atoms with Gasteiger partial charge in [0.1, 0.15) is 6.04 Å². The number of fused-ring (bicyclic) bond motifs is 2. The topological polar surface area (TPSA) is 107 Å². The van der Waals surface area contributed by atoms with Crippen molar-refractivity contribution in [2.24, 2.45) is 0 Å². The maximum atomic E-state index is 13.2. The van der Waals surface area contributed by atoms with Crippen LogP contribution in [0.3, 0.4) is 0 Å². The number of benzene rings is 1. The highest BCUT2D eigenvalue weighted by Gasteiger charge is 2.34. The third-order valence-electron chi connectivity index (χ3n) is 5.45. The van der Waals surface area contributed by atoms with Crippen molar-refractivity contribution in [3.63, 3.8) is 0 Å². The molecule has 0 saturated carbocycles. The van der Waals surface area contributed by atoms with E-state index in [1.54, 1.807) is 10.7 Å². The molecule has 1 saturated heterocycles. The van der Waals surface area contributed by atoms with Crippen LogP contribution in [0.1, 0.15) is 38.2 Å². The fourth-order valence-corrected chi connectivity index (χ4v) is 3.99. The van der Waals surface area contributed by atoms with E-state index >= 15 is 0 Å². The molecular formula is C20H24N6O4. The van der Waals surface area contributed by atoms with E-state index in [4.69, 9.17) is 14.2 Å². The number of pyridine rings is 1. The van der Waals surface area contributed by atoms with E-state index in [1.165, 1.54) is 0 Å². The highest BCUT2D eigenvalue weighted by atomic mass is 16.7. The smallest absolute Gasteiger partial charge is 0.253 e. The monoisotopic (exact) mass is 412 g/mol. The van der Waals surface area contributed by atoms with Crippen LogP contribution in [-0.2, 0) is 10.3 Å². The molecule has 5 rings (SSSR count). The van der Waals surface area contributed by atoms with E-state index in [9.17, 15) is 4.79 Å². The van der Waals surface area contributed by atoms with Gasteiger partial charge >= 0.3 is 0 Å². The van der Waals surface area contributed by atoms with Gasteiger partial charge in [-0.05, 0) is 43.3 Å². The van der Waals surface area contributed by atoms with Crippen LogP contribution in [0, 0.1) is 0 Å². The molecule has 0 spiro atoms. The lowest BCUT2D eigenvalue weighted by Gasteiger charge is -2.34. The summed E-state index contributed by atoms with van der Waals surface area (Å²) in [6.07, 6.45) is 0. The highest BCUT2D eigenvalue weighted by Crippen LogP contribution is 2.36. The molecule has 1 unspecified atom stereocenters. The minimum Gasteiger partial charge on any atom is -0.454 e. The van der Waals surface area contributed by atoms with E-state index in [0.29, 0.717) is 54.7 Å². The van der Waals surface area contributed by atoms with Crippen LogP contribution in [-0.4, -0.2) is 63.2 Å². The predicted molar refractivity (Wildman–Crippen MR) is 108 cm³/mol. The summed E-state index contributed by atoms with van der Waals surface area (Å²) in [6.45, 7) is 8.84. The van der Waals surface area contributed by atoms with Crippen LogP contribution in [0.2, 0.25) is 0 Å². The SMILES string of the molecule is CC(C)(C)n1nnnc1C(c1cc2cc3c(cc2[nH]c1=O)OCO3)N1CCOCC1. The summed E-state index contributed by atoms with van der Waals surface area (Å²) in [4.78, 5) is 18.4. The van der Waals surface area contributed by atoms with Gasteiger partial charge in [0.05, 0.1) is 24.3 Å². The molecule has 30 heavy (non-hydrogen) atoms. The summed E-state index contributed by atoms with van der Waals surface area (Å²) in [6, 6.07) is 5.19. The average Bonchev–Trinajstić information content (AvgIpc) is 3.37. The van der Waals surface area contributed by atoms with Gasteiger partial charge in [-0.1, -0.05) is 0 Å². The van der Waals surface area contributed by atoms with Gasteiger partial charge in [-0.3, -0.25) is 9.69 Å². The maximum Gasteiger partial charge on any atom is 0.253 e. The van der Waals surface area contributed by atoms with Crippen LogP contribution >= 0.6 is 0 Å². The molecule has 1 aromatic carbocycles. The van der Waals surface area contributed by atoms with Crippen molar-refractivity contribution in [1.29, 1.82) is 0 Å². The number of ether oxygens (including phenoxy) is 3. The van der Waals surface area contributed by atoms with Crippen LogP contribution in [0.25, 0.3) is 10.9 Å². The first-order valence-corrected chi connectivity index (χ1v) is 9.99. The second-order valence-corrected chi connectivity index (χ2v) is 8.52. The Labute approximate surface area is 172 Å². The predicted octanol–water partition coefficient (Wildman–Crippen LogP) is 1.42. The zero-order valence-corrected chi connectivity index (χ0v) is 17.2. The molecule has 2 aromatic heterocycles. The molecule has 2 aliphatic heterocycles. The Balaban J connectivity index is 1.69. The quantitative estimate of drug-likeness (QED) is 0.688. The fraction of sp³-hybridized carbons (Fsp3) is 0.500. The summed E-state index contributed by atoms with van der Waals surface area (Å²) >= 11 is 0. The first-order valence-electron chi connectivity index (χ1n) is 9.99. The maximum absolute atomic E-state index is 13.2. The van der Waals surface area contributed by atoms with E-state index < -0.39 is 6.04 Å². The Morgan fingerprint density at radius 2 is 1.83 bits per heavy atom. The van der Waals surface area contributed by atoms with Crippen molar-refractivity contribution in [3.8, 4) is 11.5 Å². The number of hydrogen-bond donors (Lipinski definition) is 1. The summed E-state index contributed by atoms with van der Waals surface area (Å²) in [5.74, 6) is 1.94. The van der Waals surface area contributed by atoms with Crippen molar-refractivity contribution in [3.05, 3.63) is 39.9 Å². The Morgan fingerprint density at radius 3 is 2.57 bits per heavy atom. The highest BCUT2D eigenvalue weighted by molar-refractivity contribution is 5.83. The van der Waals surface area contributed by atoms with Gasteiger partial charge in [-0.15, -0.1) is 5.10 Å². The number of nitrogens with zero attached hydrogens (tertiary/aromatic N) is 5. The number of nitrogens with one attached hydrogen (secondary N) is 1. The van der Waals surface area contributed by atoms with Gasteiger partial charge in [0.2, 0.25) is 6.79 Å². The number of aromatic nitrogens is 5. The summed E-state index contributed by atoms with van der Waals surface area (Å²) in [7, 11) is 0. The summed E-state index contributed by atoms with van der Waals surface area (Å²) in [5.41, 5.74) is 0.771. The lowest BCUT2D eigenvalue weighted by Crippen LogP contribution is -2.43. The molecule has 4 heterocycles. The Bertz CT molecular complexity index is 1140. The largest absolute Gasteiger partial charge is 0.454 e. The molecule has 3 aromatic rings. The Kier molecular flexibility index (Phi) is 4.48. The fourth-order valence-electron chi connectivity index (χ4n) is 3.99. The molecule has 158 valence electrons. The molecule has 0 amide bonds. The van der Waals surface area contributed by atoms with E-state index in [1.807, 2.05) is 32.9 Å². The van der Waals surface area contributed by atoms with Gasteiger partial charge in [-0.2, -0.15) is 0 Å². The molecule has 10 nitrogen and oxygen atoms in total. The molecular weight excluding hydrogens is 388 g/mol. The molecule has 0 bridgehead atoms. The van der Waals surface area contributed by atoms with Crippen molar-refractivity contribution in [2.75, 3.05) is 33.1 Å². The van der Waals surface area contributed by atoms with Crippen molar-refractivity contribution in [2.45, 2.75) is 32.4 Å². The Hall–Kier alpha value is -2.98. The van der Waals surface area contributed by atoms with Crippen LogP contribution in [0.15, 0.2) is 23.0 Å². The van der Waals surface area contributed by atoms with Gasteiger partial charge in [0.25, 0.3) is 5.56 Å². The Morgan fingerprint density at radius 1 is 1.10 bits per heavy atom. The molecule has 0 radical (unpaired) electrons. The van der Waals surface area contributed by atoms with E-state index in [0.717, 1.165) is 5.39 Å². The first kappa shape index (κ1) is 19.0. The van der Waals surface area contributed by atoms with Gasteiger partial charge < -0.3 is 19.2 Å². The number of tetrazole rings is 1. The first-order chi connectivity index (χ1) is 14.4. The molecule has 2 aliphatic rings. The van der Waals surface area contributed by atoms with Gasteiger partial charge in [0.15, 0.2) is 17.3 Å².